The quantitative estimate of drug-likeness (QED) is 0.0215. The van der Waals surface area contributed by atoms with Crippen molar-refractivity contribution in [3.63, 3.8) is 0 Å². The molecule has 0 aliphatic carbocycles. The van der Waals surface area contributed by atoms with Crippen LogP contribution in [-0.2, 0) is 14.3 Å². The summed E-state index contributed by atoms with van der Waals surface area (Å²) in [6.45, 7) is 3.49. The molecule has 0 aromatic heterocycles. The van der Waals surface area contributed by atoms with Crippen molar-refractivity contribution in [2.24, 2.45) is 0 Å². The van der Waals surface area contributed by atoms with E-state index >= 15 is 0 Å². The minimum absolute atomic E-state index is 0.243. The Kier molecular flexibility index (Phi) is 56.0. The largest absolute Gasteiger partial charge is 0.394 e. The first-order chi connectivity index (χ1) is 39.7. The summed E-state index contributed by atoms with van der Waals surface area (Å²) in [4.78, 5) is 13.2. The number of nitrogens with one attached hydrogen (secondary N) is 1. The molecule has 1 heterocycles. The van der Waals surface area contributed by atoms with E-state index in [1.54, 1.807) is 0 Å². The normalized spacial score (nSPS) is 19.3. The van der Waals surface area contributed by atoms with E-state index in [4.69, 9.17) is 9.47 Å². The molecule has 1 saturated heterocycles. The number of allylic oxidation sites excluding steroid dienone is 6. The second-order valence-electron chi connectivity index (χ2n) is 24.6. The number of unbranched alkanes of at least 4 members (excludes halogenated alkanes) is 43. The summed E-state index contributed by atoms with van der Waals surface area (Å²) < 4.78 is 11.2. The first-order valence-electron chi connectivity index (χ1n) is 34.9. The Hall–Kier alpha value is -1.67. The average Bonchev–Trinajstić information content (AvgIpc) is 3.49. The van der Waals surface area contributed by atoms with Crippen LogP contribution >= 0.6 is 0 Å². The Morgan fingerprint density at radius 1 is 0.420 bits per heavy atom. The summed E-state index contributed by atoms with van der Waals surface area (Å²) >= 11 is 0. The van der Waals surface area contributed by atoms with E-state index in [9.17, 15) is 40.5 Å². The molecule has 1 amide bonds. The molecule has 8 N–H and O–H groups in total. The number of carbonyl (C=O) groups excluding carboxylic acids is 1. The number of amides is 1. The molecule has 1 fully saturated rings. The summed E-state index contributed by atoms with van der Waals surface area (Å²) in [5.74, 6) is -0.706. The van der Waals surface area contributed by atoms with Crippen LogP contribution in [0.3, 0.4) is 0 Å². The van der Waals surface area contributed by atoms with Gasteiger partial charge in [-0.1, -0.05) is 307 Å². The first kappa shape index (κ1) is 77.3. The molecule has 0 radical (unpaired) electrons. The number of ether oxygens (including phenoxy) is 2. The van der Waals surface area contributed by atoms with Crippen LogP contribution in [0.15, 0.2) is 36.5 Å². The van der Waals surface area contributed by atoms with E-state index in [0.29, 0.717) is 19.3 Å². The molecular formula is C70H133NO10. The van der Waals surface area contributed by atoms with Gasteiger partial charge in [0.25, 0.3) is 0 Å². The van der Waals surface area contributed by atoms with E-state index < -0.39 is 74.2 Å². The molecule has 0 spiro atoms. The third-order valence-electron chi connectivity index (χ3n) is 16.9. The van der Waals surface area contributed by atoms with Gasteiger partial charge in [0.05, 0.1) is 25.4 Å². The zero-order chi connectivity index (χ0) is 58.9. The van der Waals surface area contributed by atoms with Crippen LogP contribution in [0.25, 0.3) is 0 Å². The van der Waals surface area contributed by atoms with E-state index in [1.165, 1.54) is 244 Å². The first-order valence-corrected chi connectivity index (χ1v) is 34.9. The second kappa shape index (κ2) is 58.7. The number of aliphatic hydroxyl groups excluding tert-OH is 7. The highest BCUT2D eigenvalue weighted by Crippen LogP contribution is 2.24. The summed E-state index contributed by atoms with van der Waals surface area (Å²) in [6, 6.07) is -1.19. The molecule has 1 rings (SSSR count). The highest BCUT2D eigenvalue weighted by Gasteiger charge is 2.44. The van der Waals surface area contributed by atoms with E-state index in [0.717, 1.165) is 44.9 Å². The monoisotopic (exact) mass is 1150 g/mol. The maximum Gasteiger partial charge on any atom is 0.249 e. The third kappa shape index (κ3) is 46.3. The van der Waals surface area contributed by atoms with Crippen LogP contribution in [-0.4, -0.2) is 110 Å². The van der Waals surface area contributed by atoms with Gasteiger partial charge in [0, 0.05) is 0 Å². The number of hydrogen-bond acceptors (Lipinski definition) is 10. The summed E-state index contributed by atoms with van der Waals surface area (Å²) in [6.07, 6.45) is 63.7. The van der Waals surface area contributed by atoms with Gasteiger partial charge in [-0.25, -0.2) is 0 Å². The Balaban J connectivity index is 2.24. The SMILES string of the molecule is CCCCCCCCCCCCCCCCC/C=C/CC/C=C/CC/C=C/CCCC(O)C(O)C(COC1OC(CO)C(O)C(O)C1O)NC(=O)C(O)CCCCCCCCCCCCCCCCCCCCCCCCCCCC. The average molecular weight is 1150 g/mol. The van der Waals surface area contributed by atoms with Crippen molar-refractivity contribution in [3.8, 4) is 0 Å². The smallest absolute Gasteiger partial charge is 0.249 e. The lowest BCUT2D eigenvalue weighted by atomic mass is 9.98. The van der Waals surface area contributed by atoms with Gasteiger partial charge in [-0.2, -0.15) is 0 Å². The van der Waals surface area contributed by atoms with Crippen molar-refractivity contribution in [1.29, 1.82) is 0 Å². The van der Waals surface area contributed by atoms with Gasteiger partial charge in [0.1, 0.15) is 36.6 Å². The molecule has 1 aliphatic rings. The molecular weight excluding hydrogens is 1010 g/mol. The molecule has 11 nitrogen and oxygen atoms in total. The van der Waals surface area contributed by atoms with Crippen LogP contribution in [0.5, 0.6) is 0 Å². The van der Waals surface area contributed by atoms with Crippen LogP contribution in [0, 0.1) is 0 Å². The summed E-state index contributed by atoms with van der Waals surface area (Å²) in [5.41, 5.74) is 0. The molecule has 9 unspecified atom stereocenters. The number of carbonyl (C=O) groups is 1. The lowest BCUT2D eigenvalue weighted by molar-refractivity contribution is -0.303. The fourth-order valence-corrected chi connectivity index (χ4v) is 11.3. The molecule has 0 bridgehead atoms. The summed E-state index contributed by atoms with van der Waals surface area (Å²) in [7, 11) is 0. The van der Waals surface area contributed by atoms with Gasteiger partial charge < -0.3 is 50.5 Å². The fourth-order valence-electron chi connectivity index (χ4n) is 11.3. The van der Waals surface area contributed by atoms with Crippen molar-refractivity contribution in [2.75, 3.05) is 13.2 Å². The fraction of sp³-hybridized carbons (Fsp3) is 0.900. The van der Waals surface area contributed by atoms with Gasteiger partial charge in [-0.15, -0.1) is 0 Å². The Morgan fingerprint density at radius 2 is 0.741 bits per heavy atom. The number of aliphatic hydroxyl groups is 7. The van der Waals surface area contributed by atoms with Gasteiger partial charge in [0.15, 0.2) is 6.29 Å². The highest BCUT2D eigenvalue weighted by atomic mass is 16.7. The molecule has 0 aromatic carbocycles. The van der Waals surface area contributed by atoms with Gasteiger partial charge in [0.2, 0.25) is 5.91 Å². The summed E-state index contributed by atoms with van der Waals surface area (Å²) in [5, 5.41) is 76.4. The predicted octanol–water partition coefficient (Wildman–Crippen LogP) is 16.6. The Labute approximate surface area is 498 Å². The van der Waals surface area contributed by atoms with E-state index in [1.807, 2.05) is 0 Å². The van der Waals surface area contributed by atoms with Crippen LogP contribution in [0.4, 0.5) is 0 Å². The number of rotatable bonds is 61. The minimum Gasteiger partial charge on any atom is -0.394 e. The molecule has 1 aliphatic heterocycles. The maximum atomic E-state index is 13.2. The molecule has 478 valence electrons. The van der Waals surface area contributed by atoms with E-state index in [-0.39, 0.29) is 12.8 Å². The van der Waals surface area contributed by atoms with Crippen LogP contribution in [0.1, 0.15) is 335 Å². The molecule has 0 saturated carbocycles. The topological polar surface area (TPSA) is 189 Å². The zero-order valence-electron chi connectivity index (χ0n) is 52.8. The molecule has 81 heavy (non-hydrogen) atoms. The molecule has 11 heteroatoms. The van der Waals surface area contributed by atoms with Gasteiger partial charge >= 0.3 is 0 Å². The number of hydrogen-bond donors (Lipinski definition) is 8. The predicted molar refractivity (Wildman–Crippen MR) is 339 cm³/mol. The zero-order valence-corrected chi connectivity index (χ0v) is 52.8. The Bertz CT molecular complexity index is 1410. The van der Waals surface area contributed by atoms with Crippen LogP contribution in [0.2, 0.25) is 0 Å². The van der Waals surface area contributed by atoms with Gasteiger partial charge in [-0.05, 0) is 64.2 Å². The second-order valence-corrected chi connectivity index (χ2v) is 24.6. The van der Waals surface area contributed by atoms with Crippen molar-refractivity contribution < 1.29 is 50.0 Å². The van der Waals surface area contributed by atoms with Crippen molar-refractivity contribution >= 4 is 5.91 Å². The van der Waals surface area contributed by atoms with Crippen LogP contribution < -0.4 is 5.32 Å². The molecule has 9 atom stereocenters. The minimum atomic E-state index is -1.67. The van der Waals surface area contributed by atoms with Crippen molar-refractivity contribution in [2.45, 2.75) is 390 Å². The lowest BCUT2D eigenvalue weighted by Gasteiger charge is -2.40. The standard InChI is InChI=1S/C70H133NO10/c1-3-5-7-9-11-13-15-17-19-21-23-25-27-29-31-32-34-35-37-39-41-43-45-47-49-51-53-55-57-62(73)65(75)61(60-80-70-68(78)67(77)66(76)64(59-72)81-70)71-69(79)63(74)58-56-54-52-50-48-46-44-42-40-38-36-33-30-28-26-24-22-20-18-16-14-12-10-8-6-4-2/h34-35,41,43,49,51,61-68,70,72-78H,3-33,36-40,42,44-48,50,52-60H2,1-2H3,(H,71,79)/b35-34+,43-41+,51-49+. The maximum absolute atomic E-state index is 13.2. The van der Waals surface area contributed by atoms with Gasteiger partial charge in [-0.3, -0.25) is 4.79 Å². The molecule has 0 aromatic rings. The van der Waals surface area contributed by atoms with Crippen molar-refractivity contribution in [1.82, 2.24) is 5.32 Å². The Morgan fingerprint density at radius 3 is 1.10 bits per heavy atom. The van der Waals surface area contributed by atoms with Crippen molar-refractivity contribution in [3.05, 3.63) is 36.5 Å². The highest BCUT2D eigenvalue weighted by molar-refractivity contribution is 5.80. The van der Waals surface area contributed by atoms with E-state index in [2.05, 4.69) is 55.6 Å². The third-order valence-corrected chi connectivity index (χ3v) is 16.9. The lowest BCUT2D eigenvalue weighted by Crippen LogP contribution is -2.60.